The summed E-state index contributed by atoms with van der Waals surface area (Å²) >= 11 is 3.52. The van der Waals surface area contributed by atoms with Crippen LogP contribution in [-0.4, -0.2) is 7.11 Å². The van der Waals surface area contributed by atoms with Crippen LogP contribution in [0.15, 0.2) is 53.0 Å². The Hall–Kier alpha value is -1.32. The second-order valence-corrected chi connectivity index (χ2v) is 5.58. The summed E-state index contributed by atoms with van der Waals surface area (Å²) in [5, 5.41) is 3.61. The fourth-order valence-corrected chi connectivity index (χ4v) is 2.83. The number of hydrogen-bond acceptors (Lipinski definition) is 2. The number of methoxy groups -OCH3 is 1. The van der Waals surface area contributed by atoms with Crippen LogP contribution in [0.1, 0.15) is 30.5 Å². The molecule has 1 N–H and O–H groups in total. The Balaban J connectivity index is 2.02. The molecule has 0 spiro atoms. The Labute approximate surface area is 129 Å². The number of ether oxygens (including phenoxy) is 1. The van der Waals surface area contributed by atoms with Crippen molar-refractivity contribution in [3.8, 4) is 5.75 Å². The van der Waals surface area contributed by atoms with Crippen molar-refractivity contribution in [1.29, 1.82) is 0 Å². The van der Waals surface area contributed by atoms with Crippen LogP contribution in [0.4, 0.5) is 0 Å². The molecule has 2 aromatic carbocycles. The van der Waals surface area contributed by atoms with Crippen LogP contribution in [-0.2, 0) is 6.54 Å². The molecule has 2 rings (SSSR count). The molecule has 0 saturated carbocycles. The Morgan fingerprint density at radius 3 is 2.50 bits per heavy atom. The second-order valence-electron chi connectivity index (χ2n) is 4.72. The van der Waals surface area contributed by atoms with E-state index >= 15 is 0 Å². The maximum Gasteiger partial charge on any atom is 0.133 e. The molecule has 0 aromatic heterocycles. The highest BCUT2D eigenvalue weighted by Crippen LogP contribution is 2.26. The van der Waals surface area contributed by atoms with Crippen LogP contribution in [0.3, 0.4) is 0 Å². The number of nitrogens with one attached hydrogen (secondary N) is 1. The van der Waals surface area contributed by atoms with Gasteiger partial charge in [-0.25, -0.2) is 0 Å². The SMILES string of the molecule is CCC(NCc1ccc(OC)c(Br)c1)c1ccccc1. The molecular weight excluding hydrogens is 314 g/mol. The van der Waals surface area contributed by atoms with E-state index in [1.165, 1.54) is 11.1 Å². The zero-order chi connectivity index (χ0) is 14.4. The molecule has 1 atom stereocenters. The monoisotopic (exact) mass is 333 g/mol. The highest BCUT2D eigenvalue weighted by Gasteiger charge is 2.08. The molecule has 2 nitrogen and oxygen atoms in total. The summed E-state index contributed by atoms with van der Waals surface area (Å²) in [6.07, 6.45) is 1.07. The molecule has 0 radical (unpaired) electrons. The third-order valence-corrected chi connectivity index (χ3v) is 4.00. The molecular formula is C17H20BrNO. The molecule has 20 heavy (non-hydrogen) atoms. The van der Waals surface area contributed by atoms with E-state index in [2.05, 4.69) is 70.6 Å². The number of halogens is 1. The Morgan fingerprint density at radius 2 is 1.90 bits per heavy atom. The Kier molecular flexibility index (Phi) is 5.62. The molecule has 3 heteroatoms. The fraction of sp³-hybridized carbons (Fsp3) is 0.294. The Morgan fingerprint density at radius 1 is 1.15 bits per heavy atom. The van der Waals surface area contributed by atoms with Crippen molar-refractivity contribution in [2.24, 2.45) is 0 Å². The van der Waals surface area contributed by atoms with E-state index in [1.54, 1.807) is 7.11 Å². The highest BCUT2D eigenvalue weighted by molar-refractivity contribution is 9.10. The lowest BCUT2D eigenvalue weighted by Crippen LogP contribution is -2.20. The van der Waals surface area contributed by atoms with E-state index in [0.29, 0.717) is 6.04 Å². The fourth-order valence-electron chi connectivity index (χ4n) is 2.24. The Bertz CT molecular complexity index is 542. The van der Waals surface area contributed by atoms with E-state index in [1.807, 2.05) is 6.07 Å². The summed E-state index contributed by atoms with van der Waals surface area (Å²) in [4.78, 5) is 0. The molecule has 0 amide bonds. The van der Waals surface area contributed by atoms with Gasteiger partial charge in [-0.15, -0.1) is 0 Å². The largest absolute Gasteiger partial charge is 0.496 e. The van der Waals surface area contributed by atoms with Crippen LogP contribution >= 0.6 is 15.9 Å². The summed E-state index contributed by atoms with van der Waals surface area (Å²) in [7, 11) is 1.68. The topological polar surface area (TPSA) is 21.3 Å². The van der Waals surface area contributed by atoms with E-state index in [4.69, 9.17) is 4.74 Å². The maximum atomic E-state index is 5.25. The van der Waals surface area contributed by atoms with Gasteiger partial charge in [0.2, 0.25) is 0 Å². The third kappa shape index (κ3) is 3.84. The lowest BCUT2D eigenvalue weighted by Gasteiger charge is -2.18. The van der Waals surface area contributed by atoms with Crippen LogP contribution in [0.25, 0.3) is 0 Å². The second kappa shape index (κ2) is 7.46. The van der Waals surface area contributed by atoms with Crippen LogP contribution < -0.4 is 10.1 Å². The molecule has 2 aromatic rings. The summed E-state index contributed by atoms with van der Waals surface area (Å²) in [6, 6.07) is 17.1. The zero-order valence-corrected chi connectivity index (χ0v) is 13.5. The van der Waals surface area contributed by atoms with Crippen molar-refractivity contribution < 1.29 is 4.74 Å². The summed E-state index contributed by atoms with van der Waals surface area (Å²) < 4.78 is 6.24. The van der Waals surface area contributed by atoms with Crippen LogP contribution in [0.5, 0.6) is 5.75 Å². The van der Waals surface area contributed by atoms with Gasteiger partial charge in [0.15, 0.2) is 0 Å². The molecule has 0 aliphatic carbocycles. The standard InChI is InChI=1S/C17H20BrNO/c1-3-16(14-7-5-4-6-8-14)19-12-13-9-10-17(20-2)15(18)11-13/h4-11,16,19H,3,12H2,1-2H3. The molecule has 106 valence electrons. The van der Waals surface area contributed by atoms with Gasteiger partial charge in [0, 0.05) is 12.6 Å². The first kappa shape index (κ1) is 15.1. The smallest absolute Gasteiger partial charge is 0.133 e. The predicted molar refractivity (Wildman–Crippen MR) is 87.0 cm³/mol. The van der Waals surface area contributed by atoms with Gasteiger partial charge in [0.05, 0.1) is 11.6 Å². The van der Waals surface area contributed by atoms with E-state index < -0.39 is 0 Å². The van der Waals surface area contributed by atoms with Gasteiger partial charge in [0.1, 0.15) is 5.75 Å². The van der Waals surface area contributed by atoms with Gasteiger partial charge in [0.25, 0.3) is 0 Å². The van der Waals surface area contributed by atoms with E-state index in [0.717, 1.165) is 23.2 Å². The van der Waals surface area contributed by atoms with Crippen molar-refractivity contribution in [2.45, 2.75) is 25.9 Å². The minimum atomic E-state index is 0.386. The van der Waals surface area contributed by atoms with Gasteiger partial charge in [-0.1, -0.05) is 43.3 Å². The molecule has 0 aliphatic rings. The van der Waals surface area contributed by atoms with Crippen molar-refractivity contribution in [3.05, 3.63) is 64.1 Å². The average molecular weight is 334 g/mol. The number of benzene rings is 2. The normalized spacial score (nSPS) is 12.2. The average Bonchev–Trinajstić information content (AvgIpc) is 2.49. The van der Waals surface area contributed by atoms with Crippen molar-refractivity contribution in [2.75, 3.05) is 7.11 Å². The zero-order valence-electron chi connectivity index (χ0n) is 11.9. The van der Waals surface area contributed by atoms with Crippen molar-refractivity contribution >= 4 is 15.9 Å². The summed E-state index contributed by atoms with van der Waals surface area (Å²) in [5.74, 6) is 0.865. The molecule has 1 unspecified atom stereocenters. The van der Waals surface area contributed by atoms with Crippen LogP contribution in [0, 0.1) is 0 Å². The van der Waals surface area contributed by atoms with Gasteiger partial charge in [-0.2, -0.15) is 0 Å². The van der Waals surface area contributed by atoms with Crippen molar-refractivity contribution in [1.82, 2.24) is 5.32 Å². The maximum absolute atomic E-state index is 5.25. The third-order valence-electron chi connectivity index (χ3n) is 3.38. The first-order valence-electron chi connectivity index (χ1n) is 6.85. The molecule has 0 saturated heterocycles. The van der Waals surface area contributed by atoms with Crippen molar-refractivity contribution in [3.63, 3.8) is 0 Å². The molecule has 0 fully saturated rings. The van der Waals surface area contributed by atoms with E-state index in [9.17, 15) is 0 Å². The van der Waals surface area contributed by atoms with E-state index in [-0.39, 0.29) is 0 Å². The summed E-state index contributed by atoms with van der Waals surface area (Å²) in [5.41, 5.74) is 2.58. The lowest BCUT2D eigenvalue weighted by molar-refractivity contribution is 0.412. The number of hydrogen-bond donors (Lipinski definition) is 1. The predicted octanol–water partition coefficient (Wildman–Crippen LogP) is 4.70. The van der Waals surface area contributed by atoms with Gasteiger partial charge >= 0.3 is 0 Å². The summed E-state index contributed by atoms with van der Waals surface area (Å²) in [6.45, 7) is 3.05. The first-order chi connectivity index (χ1) is 9.74. The van der Waals surface area contributed by atoms with Gasteiger partial charge < -0.3 is 10.1 Å². The van der Waals surface area contributed by atoms with Crippen LogP contribution in [0.2, 0.25) is 0 Å². The lowest BCUT2D eigenvalue weighted by atomic mass is 10.0. The van der Waals surface area contributed by atoms with Gasteiger partial charge in [-0.05, 0) is 45.6 Å². The van der Waals surface area contributed by atoms with Gasteiger partial charge in [-0.3, -0.25) is 0 Å². The number of rotatable bonds is 6. The quantitative estimate of drug-likeness (QED) is 0.827. The minimum absolute atomic E-state index is 0.386. The molecule has 0 bridgehead atoms. The highest BCUT2D eigenvalue weighted by atomic mass is 79.9. The molecule has 0 aliphatic heterocycles. The minimum Gasteiger partial charge on any atom is -0.496 e. The first-order valence-corrected chi connectivity index (χ1v) is 7.64. The molecule has 0 heterocycles.